The Hall–Kier alpha value is -1.20. The van der Waals surface area contributed by atoms with E-state index in [1.54, 1.807) is 12.1 Å². The number of halogens is 2. The van der Waals surface area contributed by atoms with E-state index in [2.05, 4.69) is 21.1 Å². The molecule has 1 N–H and O–H groups in total. The summed E-state index contributed by atoms with van der Waals surface area (Å²) in [6, 6.07) is 5.90. The van der Waals surface area contributed by atoms with Gasteiger partial charge in [0, 0.05) is 16.1 Å². The van der Waals surface area contributed by atoms with E-state index in [4.69, 9.17) is 9.63 Å². The number of nitrogens with zero attached hydrogens (tertiary/aromatic N) is 1. The van der Waals surface area contributed by atoms with Crippen LogP contribution in [0.5, 0.6) is 0 Å². The van der Waals surface area contributed by atoms with E-state index in [0.29, 0.717) is 15.9 Å². The third kappa shape index (κ3) is 2.08. The molecule has 0 aliphatic rings. The van der Waals surface area contributed by atoms with Gasteiger partial charge in [-0.2, -0.15) is 0 Å². The van der Waals surface area contributed by atoms with Gasteiger partial charge in [-0.25, -0.2) is 4.39 Å². The van der Waals surface area contributed by atoms with Gasteiger partial charge in [0.25, 0.3) is 0 Å². The second kappa shape index (κ2) is 4.12. The van der Waals surface area contributed by atoms with Crippen molar-refractivity contribution in [1.82, 2.24) is 5.16 Å². The quantitative estimate of drug-likeness (QED) is 0.914. The summed E-state index contributed by atoms with van der Waals surface area (Å²) in [5, 5.41) is 12.6. The predicted molar refractivity (Wildman–Crippen MR) is 55.5 cm³/mol. The molecular weight excluding hydrogens is 265 g/mol. The molecule has 0 amide bonds. The first-order chi connectivity index (χ1) is 7.20. The van der Waals surface area contributed by atoms with Crippen LogP contribution < -0.4 is 0 Å². The molecule has 1 heterocycles. The van der Waals surface area contributed by atoms with Gasteiger partial charge >= 0.3 is 0 Å². The van der Waals surface area contributed by atoms with Crippen LogP contribution in [0.1, 0.15) is 5.76 Å². The van der Waals surface area contributed by atoms with Crippen LogP contribution in [0.2, 0.25) is 0 Å². The highest BCUT2D eigenvalue weighted by Gasteiger charge is 2.09. The minimum absolute atomic E-state index is 0.203. The number of hydrogen-bond donors (Lipinski definition) is 1. The van der Waals surface area contributed by atoms with Crippen molar-refractivity contribution in [2.75, 3.05) is 0 Å². The maximum absolute atomic E-state index is 12.8. The van der Waals surface area contributed by atoms with Crippen molar-refractivity contribution in [2.45, 2.75) is 6.61 Å². The summed E-state index contributed by atoms with van der Waals surface area (Å²) in [5.41, 5.74) is 1.28. The lowest BCUT2D eigenvalue weighted by molar-refractivity contribution is 0.229. The average molecular weight is 272 g/mol. The molecule has 0 aliphatic carbocycles. The van der Waals surface area contributed by atoms with E-state index in [9.17, 15) is 4.39 Å². The zero-order chi connectivity index (χ0) is 10.8. The van der Waals surface area contributed by atoms with Gasteiger partial charge in [-0.05, 0) is 34.1 Å². The molecule has 0 saturated carbocycles. The molecule has 0 radical (unpaired) electrons. The summed E-state index contributed by atoms with van der Waals surface area (Å²) in [4.78, 5) is 0. The largest absolute Gasteiger partial charge is 0.388 e. The van der Waals surface area contributed by atoms with Gasteiger partial charge in [0.05, 0.1) is 0 Å². The van der Waals surface area contributed by atoms with Crippen molar-refractivity contribution in [2.24, 2.45) is 0 Å². The van der Waals surface area contributed by atoms with Gasteiger partial charge in [0.15, 0.2) is 5.76 Å². The SMILES string of the molecule is OCc1cc(-c2ccc(F)cc2Br)no1. The molecular formula is C10H7BrFNO2. The van der Waals surface area contributed by atoms with E-state index < -0.39 is 0 Å². The standard InChI is InChI=1S/C10H7BrFNO2/c11-9-3-6(12)1-2-8(9)10-4-7(5-14)15-13-10/h1-4,14H,5H2. The molecule has 1 aromatic heterocycles. The molecule has 0 spiro atoms. The fourth-order valence-electron chi connectivity index (χ4n) is 1.21. The number of aliphatic hydroxyl groups is 1. The van der Waals surface area contributed by atoms with Crippen LogP contribution in [-0.4, -0.2) is 10.3 Å². The van der Waals surface area contributed by atoms with Gasteiger partial charge in [0.2, 0.25) is 0 Å². The predicted octanol–water partition coefficient (Wildman–Crippen LogP) is 2.74. The summed E-state index contributed by atoms with van der Waals surface area (Å²) in [6.07, 6.45) is 0. The van der Waals surface area contributed by atoms with Crippen molar-refractivity contribution in [3.8, 4) is 11.3 Å². The van der Waals surface area contributed by atoms with Crippen molar-refractivity contribution in [3.63, 3.8) is 0 Å². The molecule has 0 bridgehead atoms. The van der Waals surface area contributed by atoms with E-state index in [0.717, 1.165) is 5.56 Å². The molecule has 15 heavy (non-hydrogen) atoms. The normalized spacial score (nSPS) is 10.6. The lowest BCUT2D eigenvalue weighted by Gasteiger charge is -1.98. The summed E-state index contributed by atoms with van der Waals surface area (Å²) < 4.78 is 18.3. The van der Waals surface area contributed by atoms with Gasteiger partial charge in [0.1, 0.15) is 18.1 Å². The Balaban J connectivity index is 2.44. The molecule has 3 nitrogen and oxygen atoms in total. The molecule has 0 fully saturated rings. The Morgan fingerprint density at radius 1 is 1.40 bits per heavy atom. The first kappa shape index (κ1) is 10.3. The summed E-state index contributed by atoms with van der Waals surface area (Å²) >= 11 is 3.23. The minimum atomic E-state index is -0.323. The Bertz CT molecular complexity index is 484. The monoisotopic (exact) mass is 271 g/mol. The molecule has 5 heteroatoms. The number of aromatic nitrogens is 1. The number of benzene rings is 1. The number of aliphatic hydroxyl groups excluding tert-OH is 1. The first-order valence-corrected chi connectivity index (χ1v) is 5.02. The highest BCUT2D eigenvalue weighted by molar-refractivity contribution is 9.10. The van der Waals surface area contributed by atoms with Crippen LogP contribution in [0.15, 0.2) is 33.3 Å². The van der Waals surface area contributed by atoms with Crippen LogP contribution in [0.3, 0.4) is 0 Å². The highest BCUT2D eigenvalue weighted by atomic mass is 79.9. The summed E-state index contributed by atoms with van der Waals surface area (Å²) in [5.74, 6) is 0.0535. The minimum Gasteiger partial charge on any atom is -0.388 e. The van der Waals surface area contributed by atoms with Crippen LogP contribution in [0.25, 0.3) is 11.3 Å². The fraction of sp³-hybridized carbons (Fsp3) is 0.100. The molecule has 0 aliphatic heterocycles. The van der Waals surface area contributed by atoms with Gasteiger partial charge < -0.3 is 9.63 Å². The topological polar surface area (TPSA) is 46.3 Å². The third-order valence-electron chi connectivity index (χ3n) is 1.92. The zero-order valence-corrected chi connectivity index (χ0v) is 9.16. The highest BCUT2D eigenvalue weighted by Crippen LogP contribution is 2.28. The van der Waals surface area contributed by atoms with Crippen LogP contribution in [-0.2, 0) is 6.61 Å². The summed E-state index contributed by atoms with van der Waals surface area (Å²) in [7, 11) is 0. The smallest absolute Gasteiger partial charge is 0.162 e. The zero-order valence-electron chi connectivity index (χ0n) is 7.58. The summed E-state index contributed by atoms with van der Waals surface area (Å²) in [6.45, 7) is -0.203. The maximum atomic E-state index is 12.8. The molecule has 0 unspecified atom stereocenters. The van der Waals surface area contributed by atoms with Crippen molar-refractivity contribution < 1.29 is 14.0 Å². The lowest BCUT2D eigenvalue weighted by atomic mass is 10.1. The molecule has 2 aromatic rings. The molecule has 2 rings (SSSR count). The number of hydrogen-bond acceptors (Lipinski definition) is 3. The Labute approximate surface area is 93.6 Å². The Morgan fingerprint density at radius 3 is 2.80 bits per heavy atom. The van der Waals surface area contributed by atoms with E-state index in [1.807, 2.05) is 0 Å². The van der Waals surface area contributed by atoms with Gasteiger partial charge in [-0.3, -0.25) is 0 Å². The molecule has 0 atom stereocenters. The number of rotatable bonds is 2. The first-order valence-electron chi connectivity index (χ1n) is 4.22. The van der Waals surface area contributed by atoms with Crippen molar-refractivity contribution >= 4 is 15.9 Å². The fourth-order valence-corrected chi connectivity index (χ4v) is 1.77. The maximum Gasteiger partial charge on any atom is 0.162 e. The van der Waals surface area contributed by atoms with Crippen LogP contribution >= 0.6 is 15.9 Å². The Kier molecular flexibility index (Phi) is 2.83. The molecule has 78 valence electrons. The second-order valence-electron chi connectivity index (χ2n) is 2.96. The third-order valence-corrected chi connectivity index (χ3v) is 2.58. The second-order valence-corrected chi connectivity index (χ2v) is 3.82. The van der Waals surface area contributed by atoms with Crippen molar-refractivity contribution in [3.05, 3.63) is 40.3 Å². The van der Waals surface area contributed by atoms with E-state index in [1.165, 1.54) is 12.1 Å². The van der Waals surface area contributed by atoms with E-state index >= 15 is 0 Å². The average Bonchev–Trinajstić information content (AvgIpc) is 2.66. The van der Waals surface area contributed by atoms with Gasteiger partial charge in [-0.15, -0.1) is 0 Å². The van der Waals surface area contributed by atoms with Gasteiger partial charge in [-0.1, -0.05) is 5.16 Å². The van der Waals surface area contributed by atoms with E-state index in [-0.39, 0.29) is 12.4 Å². The molecule has 1 aromatic carbocycles. The lowest BCUT2D eigenvalue weighted by Crippen LogP contribution is -1.81. The van der Waals surface area contributed by atoms with Crippen LogP contribution in [0, 0.1) is 5.82 Å². The molecule has 0 saturated heterocycles. The Morgan fingerprint density at radius 2 is 2.20 bits per heavy atom. The van der Waals surface area contributed by atoms with Crippen molar-refractivity contribution in [1.29, 1.82) is 0 Å². The van der Waals surface area contributed by atoms with Crippen LogP contribution in [0.4, 0.5) is 4.39 Å².